The molecule has 0 spiro atoms. The summed E-state index contributed by atoms with van der Waals surface area (Å²) >= 11 is 0. The van der Waals surface area contributed by atoms with Crippen LogP contribution in [-0.4, -0.2) is 37.6 Å². The molecule has 4 heteroatoms. The van der Waals surface area contributed by atoms with Crippen LogP contribution in [0.15, 0.2) is 18.2 Å². The van der Waals surface area contributed by atoms with Crippen LogP contribution < -0.4 is 10.1 Å². The summed E-state index contributed by atoms with van der Waals surface area (Å²) in [5.74, 6) is 1.14. The van der Waals surface area contributed by atoms with Gasteiger partial charge in [-0.15, -0.1) is 0 Å². The molecular formula is C16H24N2O2. The topological polar surface area (TPSA) is 41.6 Å². The molecule has 0 aliphatic carbocycles. The summed E-state index contributed by atoms with van der Waals surface area (Å²) < 4.78 is 5.53. The Labute approximate surface area is 121 Å². The van der Waals surface area contributed by atoms with Gasteiger partial charge >= 0.3 is 0 Å². The number of fused-ring (bicyclic) bond motifs is 1. The van der Waals surface area contributed by atoms with E-state index >= 15 is 0 Å². The van der Waals surface area contributed by atoms with Gasteiger partial charge in [-0.3, -0.25) is 4.79 Å². The van der Waals surface area contributed by atoms with Crippen LogP contribution in [-0.2, 0) is 11.2 Å². The summed E-state index contributed by atoms with van der Waals surface area (Å²) in [7, 11) is 1.83. The van der Waals surface area contributed by atoms with Crippen molar-refractivity contribution >= 4 is 5.91 Å². The molecule has 20 heavy (non-hydrogen) atoms. The minimum atomic E-state index is 0.135. The van der Waals surface area contributed by atoms with Crippen LogP contribution in [0.1, 0.15) is 37.4 Å². The highest BCUT2D eigenvalue weighted by atomic mass is 16.5. The first-order valence-corrected chi connectivity index (χ1v) is 7.38. The number of carbonyl (C=O) groups excluding carboxylic acids is 1. The number of carbonyl (C=O) groups is 1. The van der Waals surface area contributed by atoms with E-state index in [1.807, 2.05) is 20.0 Å². The Morgan fingerprint density at radius 1 is 1.45 bits per heavy atom. The second-order valence-electron chi connectivity index (χ2n) is 5.22. The van der Waals surface area contributed by atoms with Gasteiger partial charge in [0.15, 0.2) is 0 Å². The lowest BCUT2D eigenvalue weighted by Gasteiger charge is -2.20. The molecule has 1 aromatic rings. The van der Waals surface area contributed by atoms with E-state index in [0.717, 1.165) is 31.7 Å². The molecule has 1 atom stereocenters. The Bertz CT molecular complexity index is 474. The first kappa shape index (κ1) is 14.9. The second-order valence-corrected chi connectivity index (χ2v) is 5.22. The Kier molecular flexibility index (Phi) is 5.01. The maximum Gasteiger partial charge on any atom is 0.236 e. The standard InChI is InChI=1S/C16H24N2O2/c1-4-14(17-11-16(19)18(3)5-2)12-6-7-15-13(10-12)8-9-20-15/h6-7,10,14,17H,4-5,8-9,11H2,1-3H3. The van der Waals surface area contributed by atoms with Gasteiger partial charge in [-0.2, -0.15) is 0 Å². The van der Waals surface area contributed by atoms with Crippen molar-refractivity contribution in [3.8, 4) is 5.75 Å². The zero-order chi connectivity index (χ0) is 14.5. The fourth-order valence-electron chi connectivity index (χ4n) is 2.44. The Hall–Kier alpha value is -1.55. The van der Waals surface area contributed by atoms with Crippen molar-refractivity contribution in [1.29, 1.82) is 0 Å². The molecule has 1 aromatic carbocycles. The lowest BCUT2D eigenvalue weighted by atomic mass is 10.0. The molecular weight excluding hydrogens is 252 g/mol. The normalized spacial score (nSPS) is 14.6. The molecule has 0 bridgehead atoms. The Morgan fingerprint density at radius 2 is 2.25 bits per heavy atom. The number of likely N-dealkylation sites (N-methyl/N-ethyl adjacent to an activating group) is 1. The lowest BCUT2D eigenvalue weighted by Crippen LogP contribution is -2.36. The molecule has 4 nitrogen and oxygen atoms in total. The smallest absolute Gasteiger partial charge is 0.236 e. The molecule has 0 saturated carbocycles. The highest BCUT2D eigenvalue weighted by Gasteiger charge is 2.17. The molecule has 0 saturated heterocycles. The van der Waals surface area contributed by atoms with E-state index in [9.17, 15) is 4.79 Å². The molecule has 1 aliphatic heterocycles. The molecule has 1 unspecified atom stereocenters. The van der Waals surface area contributed by atoms with Crippen LogP contribution in [0.4, 0.5) is 0 Å². The summed E-state index contributed by atoms with van der Waals surface area (Å²) in [5.41, 5.74) is 2.52. The summed E-state index contributed by atoms with van der Waals surface area (Å²) in [5, 5.41) is 3.36. The van der Waals surface area contributed by atoms with Crippen molar-refractivity contribution in [3.63, 3.8) is 0 Å². The highest BCUT2D eigenvalue weighted by molar-refractivity contribution is 5.77. The van der Waals surface area contributed by atoms with Gasteiger partial charge < -0.3 is 15.0 Å². The molecule has 0 radical (unpaired) electrons. The van der Waals surface area contributed by atoms with Crippen molar-refractivity contribution < 1.29 is 9.53 Å². The third-order valence-corrected chi connectivity index (χ3v) is 3.92. The Morgan fingerprint density at radius 3 is 2.95 bits per heavy atom. The van der Waals surface area contributed by atoms with Crippen LogP contribution in [0, 0.1) is 0 Å². The summed E-state index contributed by atoms with van der Waals surface area (Å²) in [6.07, 6.45) is 1.94. The van der Waals surface area contributed by atoms with E-state index in [2.05, 4.69) is 24.4 Å². The largest absolute Gasteiger partial charge is 0.493 e. The van der Waals surface area contributed by atoms with Gasteiger partial charge in [-0.1, -0.05) is 19.1 Å². The van der Waals surface area contributed by atoms with Gasteiger partial charge in [0.1, 0.15) is 5.75 Å². The van der Waals surface area contributed by atoms with Crippen LogP contribution in [0.5, 0.6) is 5.75 Å². The van der Waals surface area contributed by atoms with Crippen LogP contribution in [0.3, 0.4) is 0 Å². The Balaban J connectivity index is 1.99. The van der Waals surface area contributed by atoms with Gasteiger partial charge in [0, 0.05) is 26.1 Å². The lowest BCUT2D eigenvalue weighted by molar-refractivity contribution is -0.128. The minimum absolute atomic E-state index is 0.135. The molecule has 0 fully saturated rings. The third-order valence-electron chi connectivity index (χ3n) is 3.92. The number of rotatable bonds is 6. The van der Waals surface area contributed by atoms with E-state index in [4.69, 9.17) is 4.74 Å². The zero-order valence-electron chi connectivity index (χ0n) is 12.6. The molecule has 0 aromatic heterocycles. The molecule has 1 heterocycles. The number of nitrogens with zero attached hydrogens (tertiary/aromatic N) is 1. The SMILES string of the molecule is CCC(NCC(=O)N(C)CC)c1ccc2c(c1)CCO2. The number of nitrogens with one attached hydrogen (secondary N) is 1. The average Bonchev–Trinajstić information content (AvgIpc) is 2.94. The van der Waals surface area contributed by atoms with Gasteiger partial charge in [-0.25, -0.2) is 0 Å². The number of ether oxygens (including phenoxy) is 1. The minimum Gasteiger partial charge on any atom is -0.493 e. The molecule has 110 valence electrons. The summed E-state index contributed by atoms with van der Waals surface area (Å²) in [6, 6.07) is 6.56. The first-order chi connectivity index (χ1) is 9.65. The number of hydrogen-bond acceptors (Lipinski definition) is 3. The van der Waals surface area contributed by atoms with E-state index in [0.29, 0.717) is 6.54 Å². The zero-order valence-corrected chi connectivity index (χ0v) is 12.6. The quantitative estimate of drug-likeness (QED) is 0.865. The fourth-order valence-corrected chi connectivity index (χ4v) is 2.44. The fraction of sp³-hybridized carbons (Fsp3) is 0.562. The van der Waals surface area contributed by atoms with Crippen molar-refractivity contribution in [2.24, 2.45) is 0 Å². The highest BCUT2D eigenvalue weighted by Crippen LogP contribution is 2.28. The average molecular weight is 276 g/mol. The van der Waals surface area contributed by atoms with Crippen molar-refractivity contribution in [2.75, 3.05) is 26.7 Å². The summed E-state index contributed by atoms with van der Waals surface area (Å²) in [4.78, 5) is 13.6. The van der Waals surface area contributed by atoms with Crippen LogP contribution in [0.2, 0.25) is 0 Å². The van der Waals surface area contributed by atoms with E-state index in [1.165, 1.54) is 11.1 Å². The van der Waals surface area contributed by atoms with Crippen molar-refractivity contribution in [1.82, 2.24) is 10.2 Å². The van der Waals surface area contributed by atoms with E-state index in [-0.39, 0.29) is 11.9 Å². The van der Waals surface area contributed by atoms with Crippen molar-refractivity contribution in [2.45, 2.75) is 32.7 Å². The first-order valence-electron chi connectivity index (χ1n) is 7.38. The van der Waals surface area contributed by atoms with E-state index < -0.39 is 0 Å². The van der Waals surface area contributed by atoms with Crippen molar-refractivity contribution in [3.05, 3.63) is 29.3 Å². The maximum absolute atomic E-state index is 11.9. The second kappa shape index (κ2) is 6.75. The predicted octanol–water partition coefficient (Wildman–Crippen LogP) is 2.14. The van der Waals surface area contributed by atoms with Gasteiger partial charge in [0.2, 0.25) is 5.91 Å². The van der Waals surface area contributed by atoms with Crippen LogP contribution in [0.25, 0.3) is 0 Å². The molecule has 1 aliphatic rings. The van der Waals surface area contributed by atoms with E-state index in [1.54, 1.807) is 4.90 Å². The third kappa shape index (κ3) is 3.31. The van der Waals surface area contributed by atoms with Gasteiger partial charge in [0.25, 0.3) is 0 Å². The van der Waals surface area contributed by atoms with Gasteiger partial charge in [0.05, 0.1) is 13.2 Å². The van der Waals surface area contributed by atoms with Gasteiger partial charge in [-0.05, 0) is 30.5 Å². The number of benzene rings is 1. The monoisotopic (exact) mass is 276 g/mol. The molecule has 1 N–H and O–H groups in total. The molecule has 2 rings (SSSR count). The molecule has 1 amide bonds. The van der Waals surface area contributed by atoms with Crippen LogP contribution >= 0.6 is 0 Å². The number of amides is 1. The number of hydrogen-bond donors (Lipinski definition) is 1. The predicted molar refractivity (Wildman–Crippen MR) is 80.0 cm³/mol. The maximum atomic E-state index is 11.9. The summed E-state index contributed by atoms with van der Waals surface area (Å²) in [6.45, 7) is 6.03.